The fourth-order valence-electron chi connectivity index (χ4n) is 1.41. The molecule has 2 atom stereocenters. The molecule has 16 heavy (non-hydrogen) atoms. The zero-order valence-corrected chi connectivity index (χ0v) is 10.5. The van der Waals surface area contributed by atoms with Crippen molar-refractivity contribution in [2.24, 2.45) is 0 Å². The van der Waals surface area contributed by atoms with E-state index in [-0.39, 0.29) is 24.4 Å². The van der Waals surface area contributed by atoms with E-state index in [1.165, 1.54) is 0 Å². The van der Waals surface area contributed by atoms with Gasteiger partial charge in [0.15, 0.2) is 0 Å². The third kappa shape index (κ3) is 5.70. The first-order valence-electron chi connectivity index (χ1n) is 5.61. The first-order chi connectivity index (χ1) is 7.38. The Hall–Kier alpha value is -1.10. The van der Waals surface area contributed by atoms with Crippen LogP contribution in [0.5, 0.6) is 0 Å². The lowest BCUT2D eigenvalue weighted by Gasteiger charge is -2.23. The van der Waals surface area contributed by atoms with Gasteiger partial charge in [0.25, 0.3) is 0 Å². The zero-order valence-electron chi connectivity index (χ0n) is 10.5. The molecule has 0 saturated heterocycles. The molecule has 0 heterocycles. The van der Waals surface area contributed by atoms with E-state index in [4.69, 9.17) is 5.11 Å². The number of nitrogens with zero attached hydrogens (tertiary/aromatic N) is 1. The molecule has 0 bridgehead atoms. The predicted octanol–water partition coefficient (Wildman–Crippen LogP) is 0.696. The van der Waals surface area contributed by atoms with Gasteiger partial charge in [0, 0.05) is 26.1 Å². The third-order valence-corrected chi connectivity index (χ3v) is 2.55. The topological polar surface area (TPSA) is 69.6 Å². The van der Waals surface area contributed by atoms with E-state index >= 15 is 0 Å². The van der Waals surface area contributed by atoms with Gasteiger partial charge >= 0.3 is 5.97 Å². The average Bonchev–Trinajstić information content (AvgIpc) is 2.24. The molecule has 0 spiro atoms. The van der Waals surface area contributed by atoms with Crippen LogP contribution in [0.2, 0.25) is 0 Å². The van der Waals surface area contributed by atoms with Gasteiger partial charge in [0.05, 0.1) is 6.04 Å². The summed E-state index contributed by atoms with van der Waals surface area (Å²) in [7, 11) is 1.75. The Morgan fingerprint density at radius 2 is 1.94 bits per heavy atom. The van der Waals surface area contributed by atoms with Crippen LogP contribution in [0.15, 0.2) is 0 Å². The molecule has 2 unspecified atom stereocenters. The number of nitrogens with one attached hydrogen (secondary N) is 1. The van der Waals surface area contributed by atoms with Gasteiger partial charge in [-0.2, -0.15) is 0 Å². The molecule has 0 aliphatic rings. The van der Waals surface area contributed by atoms with E-state index in [2.05, 4.69) is 5.32 Å². The molecule has 0 aliphatic heterocycles. The maximum Gasteiger partial charge on any atom is 0.303 e. The second kappa shape index (κ2) is 7.22. The van der Waals surface area contributed by atoms with Crippen LogP contribution in [0.4, 0.5) is 0 Å². The minimum atomic E-state index is -0.807. The zero-order chi connectivity index (χ0) is 12.7. The highest BCUT2D eigenvalue weighted by atomic mass is 16.4. The van der Waals surface area contributed by atoms with Crippen molar-refractivity contribution in [2.45, 2.75) is 45.7 Å². The highest BCUT2D eigenvalue weighted by Crippen LogP contribution is 2.00. The number of hydrogen-bond acceptors (Lipinski definition) is 3. The molecule has 5 nitrogen and oxygen atoms in total. The molecular weight excluding hydrogens is 208 g/mol. The van der Waals surface area contributed by atoms with E-state index in [9.17, 15) is 9.59 Å². The Balaban J connectivity index is 3.98. The molecule has 0 rings (SSSR count). The number of rotatable bonds is 7. The van der Waals surface area contributed by atoms with Crippen LogP contribution in [-0.2, 0) is 9.59 Å². The van der Waals surface area contributed by atoms with Crippen molar-refractivity contribution >= 4 is 11.9 Å². The summed E-state index contributed by atoms with van der Waals surface area (Å²) in [6.45, 7) is 6.28. The minimum absolute atomic E-state index is 0.0281. The maximum absolute atomic E-state index is 11.7. The van der Waals surface area contributed by atoms with Gasteiger partial charge in [-0.25, -0.2) is 0 Å². The van der Waals surface area contributed by atoms with Crippen LogP contribution in [0.3, 0.4) is 0 Å². The Kier molecular flexibility index (Phi) is 6.72. The SMILES string of the molecule is CCN(C)C(=O)C(C)NC(C)CCC(=O)O. The molecule has 0 aromatic rings. The van der Waals surface area contributed by atoms with Crippen LogP contribution in [0.1, 0.15) is 33.6 Å². The number of hydrogen-bond donors (Lipinski definition) is 2. The Morgan fingerprint density at radius 1 is 1.38 bits per heavy atom. The van der Waals surface area contributed by atoms with E-state index in [0.717, 1.165) is 0 Å². The van der Waals surface area contributed by atoms with Crippen molar-refractivity contribution in [1.82, 2.24) is 10.2 Å². The monoisotopic (exact) mass is 230 g/mol. The highest BCUT2D eigenvalue weighted by Gasteiger charge is 2.18. The Bertz CT molecular complexity index is 243. The smallest absolute Gasteiger partial charge is 0.303 e. The summed E-state index contributed by atoms with van der Waals surface area (Å²) in [4.78, 5) is 23.7. The standard InChI is InChI=1S/C11H22N2O3/c1-5-13(4)11(16)9(3)12-8(2)6-7-10(14)15/h8-9,12H,5-7H2,1-4H3,(H,14,15). The molecule has 0 aliphatic carbocycles. The average molecular weight is 230 g/mol. The fraction of sp³-hybridized carbons (Fsp3) is 0.818. The van der Waals surface area contributed by atoms with Crippen molar-refractivity contribution < 1.29 is 14.7 Å². The number of carbonyl (C=O) groups excluding carboxylic acids is 1. The van der Waals surface area contributed by atoms with E-state index < -0.39 is 5.97 Å². The summed E-state index contributed by atoms with van der Waals surface area (Å²) in [5, 5.41) is 11.6. The molecule has 0 aromatic heterocycles. The van der Waals surface area contributed by atoms with E-state index in [0.29, 0.717) is 13.0 Å². The molecule has 5 heteroatoms. The van der Waals surface area contributed by atoms with Crippen molar-refractivity contribution in [1.29, 1.82) is 0 Å². The molecular formula is C11H22N2O3. The molecule has 94 valence electrons. The van der Waals surface area contributed by atoms with Crippen LogP contribution >= 0.6 is 0 Å². The van der Waals surface area contributed by atoms with Gasteiger partial charge in [-0.1, -0.05) is 0 Å². The van der Waals surface area contributed by atoms with Gasteiger partial charge in [-0.15, -0.1) is 0 Å². The quantitative estimate of drug-likeness (QED) is 0.675. The first kappa shape index (κ1) is 14.9. The predicted molar refractivity (Wildman–Crippen MR) is 62.2 cm³/mol. The van der Waals surface area contributed by atoms with Gasteiger partial charge in [-0.3, -0.25) is 9.59 Å². The second-order valence-electron chi connectivity index (χ2n) is 4.07. The van der Waals surface area contributed by atoms with Crippen molar-refractivity contribution in [3.8, 4) is 0 Å². The minimum Gasteiger partial charge on any atom is -0.481 e. The van der Waals surface area contributed by atoms with Crippen LogP contribution < -0.4 is 5.32 Å². The third-order valence-electron chi connectivity index (χ3n) is 2.55. The Labute approximate surface area is 96.8 Å². The number of aliphatic carboxylic acids is 1. The highest BCUT2D eigenvalue weighted by molar-refractivity contribution is 5.81. The Morgan fingerprint density at radius 3 is 2.38 bits per heavy atom. The number of amides is 1. The largest absolute Gasteiger partial charge is 0.481 e. The van der Waals surface area contributed by atoms with Gasteiger partial charge < -0.3 is 15.3 Å². The second-order valence-corrected chi connectivity index (χ2v) is 4.07. The van der Waals surface area contributed by atoms with Gasteiger partial charge in [0.1, 0.15) is 0 Å². The van der Waals surface area contributed by atoms with E-state index in [1.54, 1.807) is 18.9 Å². The lowest BCUT2D eigenvalue weighted by molar-refractivity contribution is -0.137. The number of carbonyl (C=O) groups is 2. The van der Waals surface area contributed by atoms with Crippen LogP contribution in [-0.4, -0.2) is 47.6 Å². The summed E-state index contributed by atoms with van der Waals surface area (Å²) in [5.41, 5.74) is 0. The number of carboxylic acids is 1. The van der Waals surface area contributed by atoms with Crippen molar-refractivity contribution in [2.75, 3.05) is 13.6 Å². The maximum atomic E-state index is 11.7. The summed E-state index contributed by atoms with van der Waals surface area (Å²) in [5.74, 6) is -0.775. The first-order valence-corrected chi connectivity index (χ1v) is 5.61. The van der Waals surface area contributed by atoms with Gasteiger partial charge in [0.2, 0.25) is 5.91 Å². The molecule has 0 radical (unpaired) electrons. The van der Waals surface area contributed by atoms with Crippen molar-refractivity contribution in [3.63, 3.8) is 0 Å². The molecule has 0 aromatic carbocycles. The van der Waals surface area contributed by atoms with Crippen LogP contribution in [0.25, 0.3) is 0 Å². The number of carboxylic acid groups (broad SMARTS) is 1. The summed E-state index contributed by atoms with van der Waals surface area (Å²) >= 11 is 0. The van der Waals surface area contributed by atoms with Gasteiger partial charge in [-0.05, 0) is 27.2 Å². The van der Waals surface area contributed by atoms with E-state index in [1.807, 2.05) is 13.8 Å². The lowest BCUT2D eigenvalue weighted by atomic mass is 10.1. The fourth-order valence-corrected chi connectivity index (χ4v) is 1.41. The normalized spacial score (nSPS) is 14.2. The van der Waals surface area contributed by atoms with Crippen molar-refractivity contribution in [3.05, 3.63) is 0 Å². The molecule has 0 saturated carbocycles. The summed E-state index contributed by atoms with van der Waals surface area (Å²) in [6.07, 6.45) is 0.654. The lowest BCUT2D eigenvalue weighted by Crippen LogP contribution is -2.46. The summed E-state index contributed by atoms with van der Waals surface area (Å²) in [6, 6.07) is -0.242. The molecule has 1 amide bonds. The molecule has 0 fully saturated rings. The molecule has 2 N–H and O–H groups in total. The number of likely N-dealkylation sites (N-methyl/N-ethyl adjacent to an activating group) is 1. The summed E-state index contributed by atoms with van der Waals surface area (Å²) < 4.78 is 0. The van der Waals surface area contributed by atoms with Crippen LogP contribution in [0, 0.1) is 0 Å².